The highest BCUT2D eigenvalue weighted by molar-refractivity contribution is 5.83. The summed E-state index contributed by atoms with van der Waals surface area (Å²) in [7, 11) is 0. The van der Waals surface area contributed by atoms with E-state index in [1.165, 1.54) is 16.7 Å². The van der Waals surface area contributed by atoms with Gasteiger partial charge in [-0.1, -0.05) is 30.3 Å². The summed E-state index contributed by atoms with van der Waals surface area (Å²) in [5.41, 5.74) is 6.51. The minimum Gasteiger partial charge on any atom is -0.481 e. The molecule has 0 amide bonds. The van der Waals surface area contributed by atoms with Gasteiger partial charge in [-0.15, -0.1) is 0 Å². The van der Waals surface area contributed by atoms with Crippen LogP contribution >= 0.6 is 0 Å². The van der Waals surface area contributed by atoms with E-state index in [0.29, 0.717) is 6.54 Å². The maximum atomic E-state index is 11.0. The van der Waals surface area contributed by atoms with E-state index in [-0.39, 0.29) is 6.42 Å². The van der Waals surface area contributed by atoms with Crippen molar-refractivity contribution in [2.45, 2.75) is 33.7 Å². The van der Waals surface area contributed by atoms with E-state index in [2.05, 4.69) is 37.1 Å². The fourth-order valence-corrected chi connectivity index (χ4v) is 3.04. The van der Waals surface area contributed by atoms with Crippen molar-refractivity contribution in [1.82, 2.24) is 9.78 Å². The number of carbonyl (C=O) groups is 1. The molecule has 2 aromatic carbocycles. The second-order valence-corrected chi connectivity index (χ2v) is 6.04. The zero-order valence-electron chi connectivity index (χ0n) is 13.6. The molecule has 0 radical (unpaired) electrons. The first-order chi connectivity index (χ1) is 11.0. The molecule has 0 aliphatic heterocycles. The largest absolute Gasteiger partial charge is 0.481 e. The smallest absolute Gasteiger partial charge is 0.307 e. The highest BCUT2D eigenvalue weighted by Gasteiger charge is 2.12. The van der Waals surface area contributed by atoms with Gasteiger partial charge in [-0.2, -0.15) is 5.10 Å². The molecule has 1 N–H and O–H groups in total. The van der Waals surface area contributed by atoms with Gasteiger partial charge in [0.2, 0.25) is 0 Å². The van der Waals surface area contributed by atoms with Gasteiger partial charge < -0.3 is 5.11 Å². The van der Waals surface area contributed by atoms with Crippen LogP contribution in [0.15, 0.2) is 36.4 Å². The topological polar surface area (TPSA) is 55.1 Å². The third-order valence-corrected chi connectivity index (χ3v) is 4.31. The summed E-state index contributed by atoms with van der Waals surface area (Å²) >= 11 is 0. The van der Waals surface area contributed by atoms with E-state index in [1.807, 2.05) is 29.8 Å². The number of carboxylic acid groups (broad SMARTS) is 1. The van der Waals surface area contributed by atoms with Crippen LogP contribution in [0.1, 0.15) is 27.9 Å². The number of hydrogen-bond acceptors (Lipinski definition) is 2. The molecule has 0 aliphatic rings. The molecular formula is C19H20N2O2. The van der Waals surface area contributed by atoms with Crippen LogP contribution in [0.4, 0.5) is 0 Å². The van der Waals surface area contributed by atoms with Crippen LogP contribution in [0, 0.1) is 20.8 Å². The minimum atomic E-state index is -0.818. The number of hydrogen-bond donors (Lipinski definition) is 1. The van der Waals surface area contributed by atoms with Gasteiger partial charge in [0.1, 0.15) is 0 Å². The standard InChI is InChI=1S/C19H20N2O2/c1-12-5-4-6-13(2)17(12)11-21-18-9-15(10-19(22)23)7-8-16(18)14(3)20-21/h4-9H,10-11H2,1-3H3,(H,22,23). The molecule has 1 heterocycles. The second-order valence-electron chi connectivity index (χ2n) is 6.04. The fraction of sp³-hybridized carbons (Fsp3) is 0.263. The number of aliphatic carboxylic acids is 1. The Bertz CT molecular complexity index is 874. The summed E-state index contributed by atoms with van der Waals surface area (Å²) in [6, 6.07) is 12.1. The predicted octanol–water partition coefficient (Wildman–Crippen LogP) is 3.64. The van der Waals surface area contributed by atoms with Crippen LogP contribution in [0.25, 0.3) is 10.9 Å². The minimum absolute atomic E-state index is 0.0313. The highest BCUT2D eigenvalue weighted by atomic mass is 16.4. The third-order valence-electron chi connectivity index (χ3n) is 4.31. The quantitative estimate of drug-likeness (QED) is 0.800. The van der Waals surface area contributed by atoms with Gasteiger partial charge in [-0.3, -0.25) is 9.48 Å². The lowest BCUT2D eigenvalue weighted by atomic mass is 10.0. The number of rotatable bonds is 4. The van der Waals surface area contributed by atoms with Gasteiger partial charge in [-0.25, -0.2) is 0 Å². The molecule has 0 saturated carbocycles. The van der Waals surface area contributed by atoms with Gasteiger partial charge in [0.05, 0.1) is 24.2 Å². The van der Waals surface area contributed by atoms with Crippen LogP contribution in [0.2, 0.25) is 0 Å². The van der Waals surface area contributed by atoms with Crippen molar-refractivity contribution in [3.8, 4) is 0 Å². The van der Waals surface area contributed by atoms with Crippen molar-refractivity contribution in [2.75, 3.05) is 0 Å². The SMILES string of the molecule is Cc1cccc(C)c1Cn1nc(C)c2ccc(CC(=O)O)cc21. The summed E-state index contributed by atoms with van der Waals surface area (Å²) in [5.74, 6) is -0.818. The summed E-state index contributed by atoms with van der Waals surface area (Å²) in [6.07, 6.45) is 0.0313. The van der Waals surface area contributed by atoms with Crippen molar-refractivity contribution in [1.29, 1.82) is 0 Å². The summed E-state index contributed by atoms with van der Waals surface area (Å²) < 4.78 is 1.98. The Morgan fingerprint density at radius 2 is 1.83 bits per heavy atom. The van der Waals surface area contributed by atoms with Crippen molar-refractivity contribution >= 4 is 16.9 Å². The zero-order chi connectivity index (χ0) is 16.6. The van der Waals surface area contributed by atoms with Gasteiger partial charge in [0.15, 0.2) is 0 Å². The van der Waals surface area contributed by atoms with E-state index >= 15 is 0 Å². The Hall–Kier alpha value is -2.62. The Labute approximate surface area is 135 Å². The molecular weight excluding hydrogens is 288 g/mol. The van der Waals surface area contributed by atoms with Crippen LogP contribution in [0.5, 0.6) is 0 Å². The molecule has 0 spiro atoms. The summed E-state index contributed by atoms with van der Waals surface area (Å²) in [6.45, 7) is 6.90. The third kappa shape index (κ3) is 2.97. The maximum absolute atomic E-state index is 11.0. The average Bonchev–Trinajstić information content (AvgIpc) is 2.78. The van der Waals surface area contributed by atoms with E-state index in [1.54, 1.807) is 0 Å². The van der Waals surface area contributed by atoms with E-state index < -0.39 is 5.97 Å². The predicted molar refractivity (Wildman–Crippen MR) is 90.8 cm³/mol. The normalized spacial score (nSPS) is 11.1. The lowest BCUT2D eigenvalue weighted by Gasteiger charge is -2.11. The van der Waals surface area contributed by atoms with Gasteiger partial charge in [0.25, 0.3) is 0 Å². The number of benzene rings is 2. The molecule has 1 aromatic heterocycles. The molecule has 118 valence electrons. The maximum Gasteiger partial charge on any atom is 0.307 e. The molecule has 0 unspecified atom stereocenters. The molecule has 0 fully saturated rings. The molecule has 3 aromatic rings. The van der Waals surface area contributed by atoms with Crippen molar-refractivity contribution < 1.29 is 9.90 Å². The summed E-state index contributed by atoms with van der Waals surface area (Å²) in [5, 5.41) is 14.7. The lowest BCUT2D eigenvalue weighted by molar-refractivity contribution is -0.136. The number of nitrogens with zero attached hydrogens (tertiary/aromatic N) is 2. The van der Waals surface area contributed by atoms with Gasteiger partial charge >= 0.3 is 5.97 Å². The molecule has 0 bridgehead atoms. The Kier molecular flexibility index (Phi) is 3.90. The molecule has 0 saturated heterocycles. The van der Waals surface area contributed by atoms with Crippen molar-refractivity contribution in [3.05, 3.63) is 64.3 Å². The van der Waals surface area contributed by atoms with Crippen LogP contribution in [0.3, 0.4) is 0 Å². The first kappa shape index (κ1) is 15.3. The fourth-order valence-electron chi connectivity index (χ4n) is 3.04. The molecule has 3 rings (SSSR count). The Morgan fingerprint density at radius 3 is 2.48 bits per heavy atom. The number of aryl methyl sites for hydroxylation is 3. The van der Waals surface area contributed by atoms with E-state index in [9.17, 15) is 4.79 Å². The Balaban J connectivity index is 2.08. The van der Waals surface area contributed by atoms with Crippen LogP contribution in [-0.4, -0.2) is 20.9 Å². The van der Waals surface area contributed by atoms with Gasteiger partial charge in [0, 0.05) is 5.39 Å². The van der Waals surface area contributed by atoms with E-state index in [0.717, 1.165) is 22.2 Å². The lowest BCUT2D eigenvalue weighted by Crippen LogP contribution is -2.06. The van der Waals surface area contributed by atoms with E-state index in [4.69, 9.17) is 5.11 Å². The summed E-state index contributed by atoms with van der Waals surface area (Å²) in [4.78, 5) is 11.0. The van der Waals surface area contributed by atoms with Crippen molar-refractivity contribution in [3.63, 3.8) is 0 Å². The molecule has 0 aliphatic carbocycles. The molecule has 0 atom stereocenters. The first-order valence-corrected chi connectivity index (χ1v) is 7.68. The molecule has 4 heteroatoms. The Morgan fingerprint density at radius 1 is 1.13 bits per heavy atom. The average molecular weight is 308 g/mol. The second kappa shape index (κ2) is 5.88. The zero-order valence-corrected chi connectivity index (χ0v) is 13.6. The highest BCUT2D eigenvalue weighted by Crippen LogP contribution is 2.23. The van der Waals surface area contributed by atoms with Crippen LogP contribution < -0.4 is 0 Å². The number of aromatic nitrogens is 2. The van der Waals surface area contributed by atoms with Crippen molar-refractivity contribution in [2.24, 2.45) is 0 Å². The van der Waals surface area contributed by atoms with Gasteiger partial charge in [-0.05, 0) is 49.1 Å². The van der Waals surface area contributed by atoms with Crippen LogP contribution in [-0.2, 0) is 17.8 Å². The monoisotopic (exact) mass is 308 g/mol. The molecule has 4 nitrogen and oxygen atoms in total. The first-order valence-electron chi connectivity index (χ1n) is 7.68. The molecule has 23 heavy (non-hydrogen) atoms. The number of carboxylic acids is 1. The number of fused-ring (bicyclic) bond motifs is 1.